The summed E-state index contributed by atoms with van der Waals surface area (Å²) in [5.41, 5.74) is 0.188. The van der Waals surface area contributed by atoms with Crippen molar-refractivity contribution in [3.8, 4) is 5.75 Å². The summed E-state index contributed by atoms with van der Waals surface area (Å²) in [4.78, 5) is 24.6. The summed E-state index contributed by atoms with van der Waals surface area (Å²) in [5, 5.41) is 13.6. The van der Waals surface area contributed by atoms with Crippen LogP contribution in [0.4, 0.5) is 11.4 Å². The van der Waals surface area contributed by atoms with Crippen LogP contribution >= 0.6 is 0 Å². The first-order chi connectivity index (χ1) is 11.1. The lowest BCUT2D eigenvalue weighted by atomic mass is 10.1. The van der Waals surface area contributed by atoms with Gasteiger partial charge in [0.2, 0.25) is 5.91 Å². The zero-order chi connectivity index (χ0) is 16.7. The summed E-state index contributed by atoms with van der Waals surface area (Å²) >= 11 is 0. The lowest BCUT2D eigenvalue weighted by Gasteiger charge is -2.24. The quantitative estimate of drug-likeness (QED) is 0.495. The van der Waals surface area contributed by atoms with E-state index < -0.39 is 4.92 Å². The Morgan fingerprint density at radius 3 is 2.78 bits per heavy atom. The highest BCUT2D eigenvalue weighted by atomic mass is 16.6. The summed E-state index contributed by atoms with van der Waals surface area (Å²) in [6, 6.07) is 4.32. The third-order valence-electron chi connectivity index (χ3n) is 3.72. The van der Waals surface area contributed by atoms with Crippen molar-refractivity contribution in [3.05, 3.63) is 40.5 Å². The Morgan fingerprint density at radius 2 is 2.13 bits per heavy atom. The van der Waals surface area contributed by atoms with Crippen molar-refractivity contribution in [1.82, 2.24) is 4.90 Å². The number of carbonyl (C=O) groups is 1. The van der Waals surface area contributed by atoms with Crippen LogP contribution in [0.25, 0.3) is 0 Å². The van der Waals surface area contributed by atoms with Gasteiger partial charge < -0.3 is 10.1 Å². The van der Waals surface area contributed by atoms with Crippen LogP contribution in [0, 0.1) is 10.1 Å². The van der Waals surface area contributed by atoms with E-state index in [2.05, 4.69) is 10.2 Å². The minimum Gasteiger partial charge on any atom is -0.490 e. The largest absolute Gasteiger partial charge is 0.490 e. The Morgan fingerprint density at radius 1 is 1.39 bits per heavy atom. The standard InChI is InChI=1S/C16H21N3O4/c1-23-15-8-7-13(12-14(15)19(21)22)17-16(20)6-5-11-18-9-3-2-4-10-18/h5-8,12H,2-4,9-11H2,1H3,(H,17,20)/b6-5+. The van der Waals surface area contributed by atoms with Crippen LogP contribution in [0.5, 0.6) is 5.75 Å². The number of nitro benzene ring substituents is 1. The van der Waals surface area contributed by atoms with Crippen molar-refractivity contribution < 1.29 is 14.5 Å². The van der Waals surface area contributed by atoms with Crippen LogP contribution in [0.3, 0.4) is 0 Å². The van der Waals surface area contributed by atoms with E-state index in [1.165, 1.54) is 44.6 Å². The maximum absolute atomic E-state index is 11.9. The summed E-state index contributed by atoms with van der Waals surface area (Å²) in [7, 11) is 1.37. The van der Waals surface area contributed by atoms with Crippen molar-refractivity contribution in [2.75, 3.05) is 32.1 Å². The molecule has 1 saturated heterocycles. The van der Waals surface area contributed by atoms with Gasteiger partial charge in [0.1, 0.15) is 0 Å². The van der Waals surface area contributed by atoms with Gasteiger partial charge in [-0.05, 0) is 38.1 Å². The van der Waals surface area contributed by atoms with Crippen molar-refractivity contribution >= 4 is 17.3 Å². The normalized spacial score (nSPS) is 15.5. The number of nitro groups is 1. The zero-order valence-electron chi connectivity index (χ0n) is 13.2. The van der Waals surface area contributed by atoms with E-state index in [9.17, 15) is 14.9 Å². The molecule has 1 aromatic carbocycles. The van der Waals surface area contributed by atoms with Crippen LogP contribution in [0.15, 0.2) is 30.4 Å². The second-order valence-corrected chi connectivity index (χ2v) is 5.40. The molecule has 7 heteroatoms. The van der Waals surface area contributed by atoms with E-state index in [1.807, 2.05) is 6.08 Å². The number of likely N-dealkylation sites (tertiary alicyclic amines) is 1. The molecule has 0 radical (unpaired) electrons. The van der Waals surface area contributed by atoms with Crippen LogP contribution in [0.2, 0.25) is 0 Å². The minimum atomic E-state index is -0.541. The maximum Gasteiger partial charge on any atom is 0.312 e. The topological polar surface area (TPSA) is 84.7 Å². The second-order valence-electron chi connectivity index (χ2n) is 5.40. The number of hydrogen-bond donors (Lipinski definition) is 1. The molecule has 0 spiro atoms. The molecule has 1 aliphatic heterocycles. The summed E-state index contributed by atoms with van der Waals surface area (Å²) in [6.07, 6.45) is 6.96. The van der Waals surface area contributed by atoms with E-state index in [4.69, 9.17) is 4.74 Å². The molecule has 1 aromatic rings. The molecular formula is C16H21N3O4. The fourth-order valence-corrected chi connectivity index (χ4v) is 2.55. The number of piperidine rings is 1. The number of anilines is 1. The molecule has 23 heavy (non-hydrogen) atoms. The Bertz CT molecular complexity index is 595. The molecule has 1 aliphatic rings. The summed E-state index contributed by atoms with van der Waals surface area (Å²) < 4.78 is 4.92. The SMILES string of the molecule is COc1ccc(NC(=O)/C=C/CN2CCCCC2)cc1[N+](=O)[O-]. The highest BCUT2D eigenvalue weighted by molar-refractivity contribution is 5.99. The Labute approximate surface area is 135 Å². The van der Waals surface area contributed by atoms with Crippen LogP contribution in [0.1, 0.15) is 19.3 Å². The number of ether oxygens (including phenoxy) is 1. The first kappa shape index (κ1) is 17.0. The number of amides is 1. The predicted molar refractivity (Wildman–Crippen MR) is 87.7 cm³/mol. The van der Waals surface area contributed by atoms with Gasteiger partial charge in [0.05, 0.1) is 12.0 Å². The number of carbonyl (C=O) groups excluding carboxylic acids is 1. The van der Waals surface area contributed by atoms with E-state index in [-0.39, 0.29) is 17.3 Å². The first-order valence-electron chi connectivity index (χ1n) is 7.62. The van der Waals surface area contributed by atoms with Crippen molar-refractivity contribution in [1.29, 1.82) is 0 Å². The van der Waals surface area contributed by atoms with E-state index in [0.29, 0.717) is 5.69 Å². The fourth-order valence-electron chi connectivity index (χ4n) is 2.55. The molecule has 0 aromatic heterocycles. The lowest BCUT2D eigenvalue weighted by Crippen LogP contribution is -2.29. The molecule has 0 aliphatic carbocycles. The molecule has 1 fully saturated rings. The molecule has 7 nitrogen and oxygen atoms in total. The predicted octanol–water partition coefficient (Wildman–Crippen LogP) is 2.58. The van der Waals surface area contributed by atoms with E-state index >= 15 is 0 Å². The average Bonchev–Trinajstić information content (AvgIpc) is 2.55. The number of hydrogen-bond acceptors (Lipinski definition) is 5. The molecule has 124 valence electrons. The molecule has 0 saturated carbocycles. The van der Waals surface area contributed by atoms with Crippen molar-refractivity contribution in [2.45, 2.75) is 19.3 Å². The van der Waals surface area contributed by atoms with Gasteiger partial charge >= 0.3 is 5.69 Å². The zero-order valence-corrected chi connectivity index (χ0v) is 13.2. The molecule has 1 N–H and O–H groups in total. The van der Waals surface area contributed by atoms with Crippen molar-refractivity contribution in [2.24, 2.45) is 0 Å². The van der Waals surface area contributed by atoms with E-state index in [1.54, 1.807) is 6.07 Å². The fraction of sp³-hybridized carbons (Fsp3) is 0.438. The Kier molecular flexibility index (Phi) is 6.10. The third kappa shape index (κ3) is 5.07. The molecule has 0 unspecified atom stereocenters. The molecular weight excluding hydrogens is 298 g/mol. The molecule has 2 rings (SSSR count). The highest BCUT2D eigenvalue weighted by Gasteiger charge is 2.15. The molecule has 0 bridgehead atoms. The number of methoxy groups -OCH3 is 1. The summed E-state index contributed by atoms with van der Waals surface area (Å²) in [6.45, 7) is 2.88. The van der Waals surface area contributed by atoms with Gasteiger partial charge in [-0.2, -0.15) is 0 Å². The minimum absolute atomic E-state index is 0.161. The smallest absolute Gasteiger partial charge is 0.312 e. The van der Waals surface area contributed by atoms with Gasteiger partial charge in [0.15, 0.2) is 5.75 Å². The monoisotopic (exact) mass is 319 g/mol. The van der Waals surface area contributed by atoms with Crippen LogP contribution < -0.4 is 10.1 Å². The number of benzene rings is 1. The molecule has 1 amide bonds. The van der Waals surface area contributed by atoms with Crippen LogP contribution in [-0.4, -0.2) is 42.5 Å². The Balaban J connectivity index is 1.91. The second kappa shape index (κ2) is 8.28. The van der Waals surface area contributed by atoms with Gasteiger partial charge in [-0.1, -0.05) is 12.5 Å². The Hall–Kier alpha value is -2.41. The number of rotatable bonds is 6. The van der Waals surface area contributed by atoms with Gasteiger partial charge in [0.25, 0.3) is 0 Å². The summed E-state index contributed by atoms with van der Waals surface area (Å²) in [5.74, 6) is -0.143. The highest BCUT2D eigenvalue weighted by Crippen LogP contribution is 2.29. The van der Waals surface area contributed by atoms with E-state index in [0.717, 1.165) is 19.6 Å². The average molecular weight is 319 g/mol. The van der Waals surface area contributed by atoms with Crippen molar-refractivity contribution in [3.63, 3.8) is 0 Å². The maximum atomic E-state index is 11.9. The lowest BCUT2D eigenvalue weighted by molar-refractivity contribution is -0.385. The van der Waals surface area contributed by atoms with Gasteiger partial charge in [-0.25, -0.2) is 0 Å². The molecule has 1 heterocycles. The number of nitrogens with zero attached hydrogens (tertiary/aromatic N) is 2. The molecule has 0 atom stereocenters. The number of nitrogens with one attached hydrogen (secondary N) is 1. The third-order valence-corrected chi connectivity index (χ3v) is 3.72. The van der Waals surface area contributed by atoms with Gasteiger partial charge in [0, 0.05) is 24.4 Å². The van der Waals surface area contributed by atoms with Crippen LogP contribution in [-0.2, 0) is 4.79 Å². The first-order valence-corrected chi connectivity index (χ1v) is 7.62. The van der Waals surface area contributed by atoms with Gasteiger partial charge in [-0.3, -0.25) is 19.8 Å². The van der Waals surface area contributed by atoms with Gasteiger partial charge in [-0.15, -0.1) is 0 Å².